The van der Waals surface area contributed by atoms with E-state index < -0.39 is 29.8 Å². The normalized spacial score (nSPS) is 14.3. The van der Waals surface area contributed by atoms with Gasteiger partial charge in [0.1, 0.15) is 0 Å². The summed E-state index contributed by atoms with van der Waals surface area (Å²) < 4.78 is 0. The van der Waals surface area contributed by atoms with Crippen molar-refractivity contribution in [3.63, 3.8) is 0 Å². The van der Waals surface area contributed by atoms with Crippen LogP contribution in [0.3, 0.4) is 0 Å². The third-order valence-corrected chi connectivity index (χ3v) is 3.26. The molecule has 1 saturated heterocycles. The zero-order chi connectivity index (χ0) is 33.0. The molecule has 16 nitrogen and oxygen atoms in total. The van der Waals surface area contributed by atoms with Crippen LogP contribution >= 0.6 is 0 Å². The maximum absolute atomic E-state index is 9.80. The zero-order valence-electron chi connectivity index (χ0n) is 24.6. The summed E-state index contributed by atoms with van der Waals surface area (Å²) in [5.74, 6) is -4.17. The van der Waals surface area contributed by atoms with Crippen molar-refractivity contribution < 1.29 is 59.8 Å². The van der Waals surface area contributed by atoms with Gasteiger partial charge < -0.3 is 52.6 Å². The molecular formula is C23H52N4O12. The first-order valence-electron chi connectivity index (χ1n) is 11.6. The smallest absolute Gasteiger partial charge is 0.300 e. The Kier molecular flexibility index (Phi) is 37.3. The molecule has 0 radical (unpaired) electrons. The van der Waals surface area contributed by atoms with E-state index in [4.69, 9.17) is 61.0 Å². The highest BCUT2D eigenvalue weighted by Gasteiger charge is 2.44. The number of nitrogens with zero attached hydrogens (tertiary/aromatic N) is 1. The van der Waals surface area contributed by atoms with E-state index in [2.05, 4.69) is 5.32 Å². The number of nitrogens with one attached hydrogen (secondary N) is 1. The average Bonchev–Trinajstić information content (AvgIpc) is 2.64. The van der Waals surface area contributed by atoms with Gasteiger partial charge in [0.25, 0.3) is 29.8 Å². The largest absolute Gasteiger partial charge is 0.481 e. The standard InChI is InChI=1S/C9H19NO2.C4H13N3.5C2H4O2/c1-8(2)5-7(11)6-9(3,4)10(8)12;5-1-3-7-4-2-6;5*1-2(3)4/h7,11-12H,5-6H2,1-4H3;7H,1-6H2;5*1H3,(H,3,4). The number of aliphatic hydroxyl groups is 1. The van der Waals surface area contributed by atoms with Gasteiger partial charge in [0.2, 0.25) is 0 Å². The molecule has 0 aromatic rings. The van der Waals surface area contributed by atoms with Crippen LogP contribution < -0.4 is 16.8 Å². The van der Waals surface area contributed by atoms with E-state index in [1.807, 2.05) is 27.7 Å². The Hall–Kier alpha value is -2.89. The second-order valence-corrected chi connectivity index (χ2v) is 8.92. The highest BCUT2D eigenvalue weighted by Crippen LogP contribution is 2.36. The van der Waals surface area contributed by atoms with Gasteiger partial charge in [-0.25, -0.2) is 0 Å². The number of hydrogen-bond donors (Lipinski definition) is 10. The third kappa shape index (κ3) is 72.1. The number of nitrogens with two attached hydrogens (primary N) is 2. The first-order chi connectivity index (χ1) is 17.3. The molecule has 0 aromatic carbocycles. The number of carboxylic acids is 5. The molecule has 0 bridgehead atoms. The van der Waals surface area contributed by atoms with Crippen LogP contribution in [0.4, 0.5) is 0 Å². The van der Waals surface area contributed by atoms with Crippen molar-refractivity contribution in [2.45, 2.75) is 92.3 Å². The minimum atomic E-state index is -0.833. The first kappa shape index (κ1) is 49.1. The molecule has 1 heterocycles. The van der Waals surface area contributed by atoms with Crippen molar-refractivity contribution in [2.24, 2.45) is 11.5 Å². The number of hydroxylamine groups is 2. The Morgan fingerprint density at radius 2 is 0.846 bits per heavy atom. The van der Waals surface area contributed by atoms with Crippen molar-refractivity contribution in [1.29, 1.82) is 0 Å². The van der Waals surface area contributed by atoms with E-state index in [0.29, 0.717) is 25.9 Å². The predicted octanol–water partition coefficient (Wildman–Crippen LogP) is 0.337. The van der Waals surface area contributed by atoms with Crippen molar-refractivity contribution >= 4 is 29.8 Å². The average molecular weight is 577 g/mol. The van der Waals surface area contributed by atoms with Gasteiger partial charge in [-0.2, -0.15) is 5.06 Å². The molecule has 39 heavy (non-hydrogen) atoms. The second-order valence-electron chi connectivity index (χ2n) is 8.92. The van der Waals surface area contributed by atoms with Crippen LogP contribution in [0.15, 0.2) is 0 Å². The third-order valence-electron chi connectivity index (χ3n) is 3.26. The van der Waals surface area contributed by atoms with Crippen LogP contribution in [0, 0.1) is 0 Å². The number of aliphatic hydroxyl groups excluding tert-OH is 1. The summed E-state index contributed by atoms with van der Waals surface area (Å²) in [4.78, 5) is 45.0. The lowest BCUT2D eigenvalue weighted by Crippen LogP contribution is -2.60. The minimum absolute atomic E-state index is 0.293. The van der Waals surface area contributed by atoms with E-state index in [-0.39, 0.29) is 17.2 Å². The summed E-state index contributed by atoms with van der Waals surface area (Å²) in [5.41, 5.74) is 9.70. The SMILES string of the molecule is CC(=O)O.CC(=O)O.CC(=O)O.CC(=O)O.CC(=O)O.CC1(C)CC(O)CC(C)(C)N1O.NCCNCCN. The lowest BCUT2D eigenvalue weighted by atomic mass is 9.80. The van der Waals surface area contributed by atoms with Crippen LogP contribution in [0.2, 0.25) is 0 Å². The topological polar surface area (TPSA) is 294 Å². The molecule has 1 rings (SSSR count). The molecule has 1 aliphatic rings. The fourth-order valence-corrected chi connectivity index (χ4v) is 2.55. The number of aliphatic carboxylic acids is 5. The minimum Gasteiger partial charge on any atom is -0.481 e. The molecule has 0 aromatic heterocycles. The van der Waals surface area contributed by atoms with Crippen LogP contribution in [-0.4, -0.2) is 114 Å². The number of hydrogen-bond acceptors (Lipinski definition) is 11. The molecule has 0 spiro atoms. The summed E-state index contributed by atoms with van der Waals surface area (Å²) in [6, 6.07) is 0. The van der Waals surface area contributed by atoms with E-state index in [1.54, 1.807) is 0 Å². The molecule has 0 atom stereocenters. The van der Waals surface area contributed by atoms with Crippen LogP contribution in [-0.2, 0) is 24.0 Å². The molecule has 12 N–H and O–H groups in total. The number of rotatable bonds is 4. The maximum Gasteiger partial charge on any atom is 0.300 e. The molecule has 0 aliphatic carbocycles. The Bertz CT molecular complexity index is 547. The lowest BCUT2D eigenvalue weighted by Gasteiger charge is -2.50. The molecular weight excluding hydrogens is 524 g/mol. The summed E-state index contributed by atoms with van der Waals surface area (Å²) in [6.07, 6.45) is 0.971. The Morgan fingerprint density at radius 3 is 1.00 bits per heavy atom. The van der Waals surface area contributed by atoms with Crippen LogP contribution in [0.5, 0.6) is 0 Å². The lowest BCUT2D eigenvalue weighted by molar-refractivity contribution is -0.257. The summed E-state index contributed by atoms with van der Waals surface area (Å²) in [5, 5.41) is 60.9. The molecule has 0 amide bonds. The van der Waals surface area contributed by atoms with Gasteiger partial charge in [-0.3, -0.25) is 24.0 Å². The molecule has 16 heteroatoms. The van der Waals surface area contributed by atoms with Gasteiger partial charge in [0.15, 0.2) is 0 Å². The van der Waals surface area contributed by atoms with Crippen molar-refractivity contribution in [1.82, 2.24) is 10.4 Å². The van der Waals surface area contributed by atoms with Gasteiger partial charge in [0, 0.05) is 71.9 Å². The van der Waals surface area contributed by atoms with Gasteiger partial charge in [-0.1, -0.05) is 0 Å². The summed E-state index contributed by atoms with van der Waals surface area (Å²) >= 11 is 0. The van der Waals surface area contributed by atoms with Crippen LogP contribution in [0.1, 0.15) is 75.2 Å². The number of carbonyl (C=O) groups is 5. The number of piperidine rings is 1. The van der Waals surface area contributed by atoms with E-state index in [0.717, 1.165) is 47.7 Å². The Morgan fingerprint density at radius 1 is 0.667 bits per heavy atom. The van der Waals surface area contributed by atoms with Gasteiger partial charge >= 0.3 is 0 Å². The van der Waals surface area contributed by atoms with E-state index >= 15 is 0 Å². The predicted molar refractivity (Wildman–Crippen MR) is 145 cm³/mol. The monoisotopic (exact) mass is 576 g/mol. The summed E-state index contributed by atoms with van der Waals surface area (Å²) in [6.45, 7) is 16.3. The first-order valence-corrected chi connectivity index (χ1v) is 11.6. The van der Waals surface area contributed by atoms with E-state index in [9.17, 15) is 10.3 Å². The highest BCUT2D eigenvalue weighted by atomic mass is 16.5. The molecule has 1 aliphatic heterocycles. The maximum atomic E-state index is 9.80. The fraction of sp³-hybridized carbons (Fsp3) is 0.783. The summed E-state index contributed by atoms with van der Waals surface area (Å²) in [7, 11) is 0. The molecule has 236 valence electrons. The zero-order valence-corrected chi connectivity index (χ0v) is 24.6. The highest BCUT2D eigenvalue weighted by molar-refractivity contribution is 5.63. The van der Waals surface area contributed by atoms with Crippen molar-refractivity contribution in [2.75, 3.05) is 26.2 Å². The van der Waals surface area contributed by atoms with E-state index in [1.165, 1.54) is 5.06 Å². The fourth-order valence-electron chi connectivity index (χ4n) is 2.55. The van der Waals surface area contributed by atoms with Gasteiger partial charge in [-0.05, 0) is 40.5 Å². The van der Waals surface area contributed by atoms with Gasteiger partial charge in [-0.15, -0.1) is 0 Å². The van der Waals surface area contributed by atoms with Gasteiger partial charge in [0.05, 0.1) is 6.10 Å². The van der Waals surface area contributed by atoms with Crippen molar-refractivity contribution in [3.05, 3.63) is 0 Å². The molecule has 0 saturated carbocycles. The van der Waals surface area contributed by atoms with Crippen molar-refractivity contribution in [3.8, 4) is 0 Å². The second kappa shape index (κ2) is 29.7. The number of carboxylic acid groups (broad SMARTS) is 5. The Labute approximate surface area is 230 Å². The Balaban J connectivity index is -0.0000000875. The van der Waals surface area contributed by atoms with Crippen LogP contribution in [0.25, 0.3) is 0 Å². The molecule has 0 unspecified atom stereocenters. The quantitative estimate of drug-likeness (QED) is 0.202. The molecule has 1 fully saturated rings.